The van der Waals surface area contributed by atoms with Crippen LogP contribution < -0.4 is 5.32 Å². The van der Waals surface area contributed by atoms with Crippen LogP contribution in [0.25, 0.3) is 0 Å². The van der Waals surface area contributed by atoms with Gasteiger partial charge < -0.3 is 10.4 Å². The SMILES string of the molecule is Cc1ccc(C(=O)Nc2cnn(CC(=O)O)c2)cn1. The Kier molecular flexibility index (Phi) is 3.56. The largest absolute Gasteiger partial charge is 0.480 e. The number of rotatable bonds is 4. The van der Waals surface area contributed by atoms with Crippen LogP contribution in [0.3, 0.4) is 0 Å². The molecule has 0 atom stereocenters. The lowest BCUT2D eigenvalue weighted by Gasteiger charge is -2.02. The monoisotopic (exact) mass is 260 g/mol. The van der Waals surface area contributed by atoms with Crippen LogP contribution in [0.15, 0.2) is 30.7 Å². The number of hydrogen-bond acceptors (Lipinski definition) is 4. The van der Waals surface area contributed by atoms with Gasteiger partial charge in [-0.2, -0.15) is 5.10 Å². The summed E-state index contributed by atoms with van der Waals surface area (Å²) in [6.07, 6.45) is 4.32. The van der Waals surface area contributed by atoms with Crippen molar-refractivity contribution in [1.29, 1.82) is 0 Å². The molecule has 0 unspecified atom stereocenters. The third-order valence-electron chi connectivity index (χ3n) is 2.36. The molecule has 0 aliphatic heterocycles. The summed E-state index contributed by atoms with van der Waals surface area (Å²) in [5, 5.41) is 15.0. The van der Waals surface area contributed by atoms with Crippen molar-refractivity contribution in [3.05, 3.63) is 42.0 Å². The van der Waals surface area contributed by atoms with Crippen LogP contribution in [0.5, 0.6) is 0 Å². The second-order valence-corrected chi connectivity index (χ2v) is 3.96. The van der Waals surface area contributed by atoms with Gasteiger partial charge in [0.15, 0.2) is 0 Å². The lowest BCUT2D eigenvalue weighted by Crippen LogP contribution is -2.12. The van der Waals surface area contributed by atoms with Gasteiger partial charge in [0.2, 0.25) is 0 Å². The number of carbonyl (C=O) groups excluding carboxylic acids is 1. The van der Waals surface area contributed by atoms with Gasteiger partial charge in [-0.25, -0.2) is 0 Å². The van der Waals surface area contributed by atoms with E-state index in [4.69, 9.17) is 5.11 Å². The van der Waals surface area contributed by atoms with Gasteiger partial charge in [0.05, 0.1) is 17.4 Å². The lowest BCUT2D eigenvalue weighted by molar-refractivity contribution is -0.137. The van der Waals surface area contributed by atoms with Gasteiger partial charge in [0.1, 0.15) is 6.54 Å². The molecule has 98 valence electrons. The van der Waals surface area contributed by atoms with E-state index in [1.807, 2.05) is 6.92 Å². The highest BCUT2D eigenvalue weighted by atomic mass is 16.4. The first kappa shape index (κ1) is 12.7. The minimum atomic E-state index is -0.997. The molecule has 2 aromatic heterocycles. The maximum Gasteiger partial charge on any atom is 0.325 e. The molecule has 2 rings (SSSR count). The molecule has 0 saturated carbocycles. The van der Waals surface area contributed by atoms with Crippen LogP contribution in [-0.4, -0.2) is 31.7 Å². The standard InChI is InChI=1S/C12H12N4O3/c1-8-2-3-9(4-13-8)12(19)15-10-5-14-16(6-10)7-11(17)18/h2-6H,7H2,1H3,(H,15,19)(H,17,18). The van der Waals surface area contributed by atoms with E-state index in [2.05, 4.69) is 15.4 Å². The molecule has 19 heavy (non-hydrogen) atoms. The summed E-state index contributed by atoms with van der Waals surface area (Å²) >= 11 is 0. The maximum absolute atomic E-state index is 11.9. The van der Waals surface area contributed by atoms with Gasteiger partial charge >= 0.3 is 5.97 Å². The van der Waals surface area contributed by atoms with E-state index in [1.54, 1.807) is 12.1 Å². The molecule has 7 heteroatoms. The van der Waals surface area contributed by atoms with Crippen molar-refractivity contribution in [2.24, 2.45) is 0 Å². The van der Waals surface area contributed by atoms with E-state index in [1.165, 1.54) is 23.3 Å². The summed E-state index contributed by atoms with van der Waals surface area (Å²) in [5.74, 6) is -1.31. The van der Waals surface area contributed by atoms with Gasteiger partial charge in [0.25, 0.3) is 5.91 Å². The molecule has 2 aromatic rings. The molecule has 0 bridgehead atoms. The number of pyridine rings is 1. The van der Waals surface area contributed by atoms with Crippen LogP contribution in [-0.2, 0) is 11.3 Å². The number of hydrogen-bond donors (Lipinski definition) is 2. The maximum atomic E-state index is 11.9. The molecule has 0 aliphatic rings. The molecular weight excluding hydrogens is 248 g/mol. The number of carbonyl (C=O) groups is 2. The second-order valence-electron chi connectivity index (χ2n) is 3.96. The summed E-state index contributed by atoms with van der Waals surface area (Å²) < 4.78 is 1.23. The number of aliphatic carboxylic acids is 1. The molecule has 2 N–H and O–H groups in total. The van der Waals surface area contributed by atoms with E-state index >= 15 is 0 Å². The Morgan fingerprint density at radius 1 is 1.37 bits per heavy atom. The zero-order chi connectivity index (χ0) is 13.8. The van der Waals surface area contributed by atoms with E-state index in [9.17, 15) is 9.59 Å². The van der Waals surface area contributed by atoms with Crippen LogP contribution in [0.1, 0.15) is 16.1 Å². The predicted molar refractivity (Wildman–Crippen MR) is 66.8 cm³/mol. The highest BCUT2D eigenvalue weighted by Crippen LogP contribution is 2.08. The Morgan fingerprint density at radius 3 is 2.79 bits per heavy atom. The molecule has 0 radical (unpaired) electrons. The first-order chi connectivity index (χ1) is 9.04. The molecule has 7 nitrogen and oxygen atoms in total. The van der Waals surface area contributed by atoms with Crippen LogP contribution in [0.4, 0.5) is 5.69 Å². The number of anilines is 1. The Balaban J connectivity index is 2.04. The summed E-state index contributed by atoms with van der Waals surface area (Å²) in [6, 6.07) is 3.40. The smallest absolute Gasteiger partial charge is 0.325 e. The molecule has 0 aliphatic carbocycles. The zero-order valence-corrected chi connectivity index (χ0v) is 10.2. The van der Waals surface area contributed by atoms with Crippen molar-refractivity contribution in [1.82, 2.24) is 14.8 Å². The Morgan fingerprint density at radius 2 is 2.16 bits per heavy atom. The van der Waals surface area contributed by atoms with Gasteiger partial charge in [-0.05, 0) is 19.1 Å². The molecular formula is C12H12N4O3. The van der Waals surface area contributed by atoms with Crippen molar-refractivity contribution < 1.29 is 14.7 Å². The number of carboxylic acid groups (broad SMARTS) is 1. The third kappa shape index (κ3) is 3.38. The highest BCUT2D eigenvalue weighted by molar-refractivity contribution is 6.03. The van der Waals surface area contributed by atoms with Crippen molar-refractivity contribution in [2.75, 3.05) is 5.32 Å². The van der Waals surface area contributed by atoms with Crippen molar-refractivity contribution >= 4 is 17.6 Å². The van der Waals surface area contributed by atoms with Gasteiger partial charge in [-0.3, -0.25) is 19.3 Å². The molecule has 2 heterocycles. The van der Waals surface area contributed by atoms with E-state index in [0.717, 1.165) is 5.69 Å². The van der Waals surface area contributed by atoms with Crippen LogP contribution >= 0.6 is 0 Å². The molecule has 1 amide bonds. The van der Waals surface area contributed by atoms with Gasteiger partial charge in [-0.15, -0.1) is 0 Å². The van der Waals surface area contributed by atoms with E-state index in [-0.39, 0.29) is 12.5 Å². The normalized spacial score (nSPS) is 10.2. The minimum absolute atomic E-state index is 0.248. The van der Waals surface area contributed by atoms with E-state index in [0.29, 0.717) is 11.3 Å². The average Bonchev–Trinajstić information content (AvgIpc) is 2.76. The Labute approximate surface area is 108 Å². The molecule has 0 fully saturated rings. The first-order valence-electron chi connectivity index (χ1n) is 5.53. The van der Waals surface area contributed by atoms with Crippen molar-refractivity contribution in [3.8, 4) is 0 Å². The fourth-order valence-corrected chi connectivity index (χ4v) is 1.46. The fraction of sp³-hybridized carbons (Fsp3) is 0.167. The molecule has 0 spiro atoms. The number of amides is 1. The highest BCUT2D eigenvalue weighted by Gasteiger charge is 2.08. The summed E-state index contributed by atoms with van der Waals surface area (Å²) in [7, 11) is 0. The van der Waals surface area contributed by atoms with Crippen molar-refractivity contribution in [3.63, 3.8) is 0 Å². The van der Waals surface area contributed by atoms with Gasteiger partial charge in [0, 0.05) is 18.1 Å². The quantitative estimate of drug-likeness (QED) is 0.852. The molecule has 0 saturated heterocycles. The summed E-state index contributed by atoms with van der Waals surface area (Å²) in [4.78, 5) is 26.4. The molecule has 0 aromatic carbocycles. The predicted octanol–water partition coefficient (Wildman–Crippen LogP) is 0.923. The minimum Gasteiger partial charge on any atom is -0.480 e. The van der Waals surface area contributed by atoms with E-state index < -0.39 is 5.97 Å². The average molecular weight is 260 g/mol. The Hall–Kier alpha value is -2.70. The number of nitrogens with zero attached hydrogens (tertiary/aromatic N) is 3. The fourth-order valence-electron chi connectivity index (χ4n) is 1.46. The lowest BCUT2D eigenvalue weighted by atomic mass is 10.2. The van der Waals surface area contributed by atoms with Crippen LogP contribution in [0.2, 0.25) is 0 Å². The number of aryl methyl sites for hydroxylation is 1. The zero-order valence-electron chi connectivity index (χ0n) is 10.2. The third-order valence-corrected chi connectivity index (χ3v) is 2.36. The van der Waals surface area contributed by atoms with Crippen molar-refractivity contribution in [2.45, 2.75) is 13.5 Å². The number of carboxylic acids is 1. The Bertz CT molecular complexity index is 604. The van der Waals surface area contributed by atoms with Gasteiger partial charge in [-0.1, -0.05) is 0 Å². The first-order valence-corrected chi connectivity index (χ1v) is 5.53. The number of nitrogens with one attached hydrogen (secondary N) is 1. The topological polar surface area (TPSA) is 97.1 Å². The number of aromatic nitrogens is 3. The second kappa shape index (κ2) is 5.30. The van der Waals surface area contributed by atoms with Crippen LogP contribution in [0, 0.1) is 6.92 Å². The summed E-state index contributed by atoms with van der Waals surface area (Å²) in [5.41, 5.74) is 1.69. The summed E-state index contributed by atoms with van der Waals surface area (Å²) in [6.45, 7) is 1.58.